The van der Waals surface area contributed by atoms with Gasteiger partial charge in [-0.3, -0.25) is 9.59 Å². The highest BCUT2D eigenvalue weighted by Gasteiger charge is 2.22. The highest BCUT2D eigenvalue weighted by molar-refractivity contribution is 5.98. The second-order valence-electron chi connectivity index (χ2n) is 8.54. The monoisotopic (exact) mass is 516 g/mol. The van der Waals surface area contributed by atoms with E-state index in [1.807, 2.05) is 24.3 Å². The number of nitriles is 1. The number of benzene rings is 1. The van der Waals surface area contributed by atoms with Gasteiger partial charge in [-0.1, -0.05) is 18.6 Å². The fraction of sp³-hybridized carbons (Fsp3) is 0.320. The molecule has 0 saturated carbocycles. The first-order valence-electron chi connectivity index (χ1n) is 12.2. The number of nitrogens with zero attached hydrogens (tertiary/aromatic N) is 6. The molecule has 0 saturated heterocycles. The molecule has 13 heteroatoms. The predicted molar refractivity (Wildman–Crippen MR) is 140 cm³/mol. The zero-order valence-electron chi connectivity index (χ0n) is 20.6. The summed E-state index contributed by atoms with van der Waals surface area (Å²) >= 11 is 0. The zero-order chi connectivity index (χ0) is 26.9. The molecule has 38 heavy (non-hydrogen) atoms. The van der Waals surface area contributed by atoms with Gasteiger partial charge in [-0.05, 0) is 54.0 Å². The third kappa shape index (κ3) is 6.17. The highest BCUT2D eigenvalue weighted by Crippen LogP contribution is 2.28. The predicted octanol–water partition coefficient (Wildman–Crippen LogP) is 2.08. The lowest BCUT2D eigenvalue weighted by molar-refractivity contribution is -0.117. The van der Waals surface area contributed by atoms with Gasteiger partial charge in [0, 0.05) is 18.3 Å². The first-order valence-corrected chi connectivity index (χ1v) is 12.2. The van der Waals surface area contributed by atoms with Crippen molar-refractivity contribution in [3.8, 4) is 17.6 Å². The molecule has 0 radical (unpaired) electrons. The standard InChI is InChI=1S/C25H28N10O3/c26-11-4-3-6-17(28)25(37)32-21-10-9-16(14-30-21)20(36)15-35-19-8-2-1-7-18(19)31-24(35)22-23(34-38-33-22)29-13-5-12-27/h1-2,7-10,14,17H,3-6,11,13,15,26,28H2,(H,29,34)(H,30,32,37). The van der Waals surface area contributed by atoms with Crippen LogP contribution in [0.1, 0.15) is 36.0 Å². The number of fused-ring (bicyclic) bond motifs is 1. The summed E-state index contributed by atoms with van der Waals surface area (Å²) in [5.74, 6) is 0.446. The van der Waals surface area contributed by atoms with Gasteiger partial charge in [0.2, 0.25) is 11.7 Å². The molecule has 6 N–H and O–H groups in total. The molecular weight excluding hydrogens is 488 g/mol. The van der Waals surface area contributed by atoms with Crippen LogP contribution in [0, 0.1) is 11.3 Å². The van der Waals surface area contributed by atoms with Crippen molar-refractivity contribution in [2.24, 2.45) is 11.5 Å². The Hall–Kier alpha value is -4.67. The number of carbonyl (C=O) groups is 2. The summed E-state index contributed by atoms with van der Waals surface area (Å²) in [4.78, 5) is 34.4. The van der Waals surface area contributed by atoms with Gasteiger partial charge in [-0.25, -0.2) is 14.6 Å². The summed E-state index contributed by atoms with van der Waals surface area (Å²) in [6, 6.07) is 11.9. The summed E-state index contributed by atoms with van der Waals surface area (Å²) in [6.07, 6.45) is 3.76. The molecule has 0 fully saturated rings. The molecule has 0 aliphatic rings. The number of rotatable bonds is 13. The van der Waals surface area contributed by atoms with Crippen molar-refractivity contribution in [1.82, 2.24) is 24.8 Å². The number of ketones is 1. The van der Waals surface area contributed by atoms with Crippen LogP contribution in [0.5, 0.6) is 0 Å². The van der Waals surface area contributed by atoms with Gasteiger partial charge in [0.1, 0.15) is 5.82 Å². The molecule has 1 atom stereocenters. The number of amides is 1. The molecule has 0 spiro atoms. The largest absolute Gasteiger partial charge is 0.364 e. The lowest BCUT2D eigenvalue weighted by atomic mass is 10.1. The molecular formula is C25H28N10O3. The molecule has 3 aromatic heterocycles. The van der Waals surface area contributed by atoms with Crippen molar-refractivity contribution >= 4 is 34.4 Å². The molecule has 4 rings (SSSR count). The van der Waals surface area contributed by atoms with Crippen molar-refractivity contribution in [3.63, 3.8) is 0 Å². The van der Waals surface area contributed by atoms with E-state index in [0.29, 0.717) is 53.7 Å². The normalized spacial score (nSPS) is 11.7. The average molecular weight is 517 g/mol. The number of pyridine rings is 1. The minimum absolute atomic E-state index is 0.0558. The van der Waals surface area contributed by atoms with Crippen LogP contribution in [0.15, 0.2) is 47.2 Å². The summed E-state index contributed by atoms with van der Waals surface area (Å²) in [7, 11) is 0. The van der Waals surface area contributed by atoms with E-state index in [1.54, 1.807) is 16.7 Å². The van der Waals surface area contributed by atoms with Gasteiger partial charge in [-0.15, -0.1) is 0 Å². The maximum Gasteiger partial charge on any atom is 0.242 e. The fourth-order valence-electron chi connectivity index (χ4n) is 3.83. The number of imidazole rings is 1. The van der Waals surface area contributed by atoms with Crippen LogP contribution in [-0.2, 0) is 11.3 Å². The van der Waals surface area contributed by atoms with E-state index in [4.69, 9.17) is 21.4 Å². The number of anilines is 2. The molecule has 196 valence electrons. The van der Waals surface area contributed by atoms with Gasteiger partial charge in [0.25, 0.3) is 0 Å². The van der Waals surface area contributed by atoms with E-state index in [9.17, 15) is 9.59 Å². The van der Waals surface area contributed by atoms with Crippen LogP contribution in [0.3, 0.4) is 0 Å². The highest BCUT2D eigenvalue weighted by atomic mass is 16.6. The van der Waals surface area contributed by atoms with Crippen molar-refractivity contribution in [1.29, 1.82) is 5.26 Å². The third-order valence-electron chi connectivity index (χ3n) is 5.83. The second-order valence-corrected chi connectivity index (χ2v) is 8.54. The van der Waals surface area contributed by atoms with Crippen LogP contribution in [0.25, 0.3) is 22.6 Å². The molecule has 4 aromatic rings. The Morgan fingerprint density at radius 1 is 1.16 bits per heavy atom. The third-order valence-corrected chi connectivity index (χ3v) is 5.83. The topological polar surface area (TPSA) is 204 Å². The number of aromatic nitrogens is 5. The first kappa shape index (κ1) is 26.4. The zero-order valence-corrected chi connectivity index (χ0v) is 20.6. The molecule has 1 aromatic carbocycles. The second kappa shape index (κ2) is 12.5. The van der Waals surface area contributed by atoms with Crippen LogP contribution >= 0.6 is 0 Å². The van der Waals surface area contributed by atoms with Crippen LogP contribution < -0.4 is 22.1 Å². The SMILES string of the molecule is N#CCCNc1nonc1-c1nc2ccccc2n1CC(=O)c1ccc(NC(=O)C(N)CCCCN)nc1. The van der Waals surface area contributed by atoms with Crippen LogP contribution in [-0.4, -0.2) is 55.7 Å². The lowest BCUT2D eigenvalue weighted by Crippen LogP contribution is -2.35. The maximum absolute atomic E-state index is 13.2. The number of nitrogens with one attached hydrogen (secondary N) is 2. The Balaban J connectivity index is 1.51. The Morgan fingerprint density at radius 2 is 2.00 bits per heavy atom. The number of carbonyl (C=O) groups excluding carboxylic acids is 2. The number of unbranched alkanes of at least 4 members (excludes halogenated alkanes) is 1. The molecule has 0 aliphatic heterocycles. The van der Waals surface area contributed by atoms with Gasteiger partial charge in [-0.2, -0.15) is 5.26 Å². The summed E-state index contributed by atoms with van der Waals surface area (Å²) in [6.45, 7) is 0.849. The number of nitrogens with two attached hydrogens (primary N) is 2. The van der Waals surface area contributed by atoms with Crippen molar-refractivity contribution in [2.45, 2.75) is 38.3 Å². The molecule has 0 aliphatic carbocycles. The number of hydrogen-bond acceptors (Lipinski definition) is 11. The first-order chi connectivity index (χ1) is 18.5. The Bertz CT molecular complexity index is 1440. The van der Waals surface area contributed by atoms with E-state index >= 15 is 0 Å². The summed E-state index contributed by atoms with van der Waals surface area (Å²) in [5, 5.41) is 22.4. The molecule has 0 bridgehead atoms. The van der Waals surface area contributed by atoms with Crippen molar-refractivity contribution in [3.05, 3.63) is 48.2 Å². The quantitative estimate of drug-likeness (QED) is 0.149. The van der Waals surface area contributed by atoms with E-state index in [2.05, 4.69) is 37.0 Å². The molecule has 1 unspecified atom stereocenters. The number of Topliss-reactive ketones (excluding diaryl/α,β-unsaturated/α-hetero) is 1. The fourth-order valence-corrected chi connectivity index (χ4v) is 3.83. The number of para-hydroxylation sites is 2. The molecule has 3 heterocycles. The van der Waals surface area contributed by atoms with Gasteiger partial charge < -0.3 is 26.7 Å². The maximum atomic E-state index is 13.2. The Labute approximate surface area is 218 Å². The molecule has 13 nitrogen and oxygen atoms in total. The Kier molecular flexibility index (Phi) is 8.70. The van der Waals surface area contributed by atoms with Crippen LogP contribution in [0.4, 0.5) is 11.6 Å². The lowest BCUT2D eigenvalue weighted by Gasteiger charge is -2.12. The summed E-state index contributed by atoms with van der Waals surface area (Å²) < 4.78 is 6.64. The molecule has 1 amide bonds. The van der Waals surface area contributed by atoms with Gasteiger partial charge in [0.15, 0.2) is 17.3 Å². The van der Waals surface area contributed by atoms with E-state index in [1.165, 1.54) is 6.20 Å². The number of hydrogen-bond donors (Lipinski definition) is 4. The van der Waals surface area contributed by atoms with Crippen molar-refractivity contribution in [2.75, 3.05) is 23.7 Å². The van der Waals surface area contributed by atoms with E-state index in [0.717, 1.165) is 18.4 Å². The smallest absolute Gasteiger partial charge is 0.242 e. The summed E-state index contributed by atoms with van der Waals surface area (Å²) in [5.41, 5.74) is 13.5. The van der Waals surface area contributed by atoms with Gasteiger partial charge in [0.05, 0.1) is 36.1 Å². The Morgan fingerprint density at radius 3 is 2.76 bits per heavy atom. The van der Waals surface area contributed by atoms with E-state index in [-0.39, 0.29) is 24.7 Å². The average Bonchev–Trinajstić information content (AvgIpc) is 3.53. The van der Waals surface area contributed by atoms with E-state index < -0.39 is 6.04 Å². The van der Waals surface area contributed by atoms with Crippen LogP contribution in [0.2, 0.25) is 0 Å². The minimum Gasteiger partial charge on any atom is -0.364 e. The van der Waals surface area contributed by atoms with Gasteiger partial charge >= 0.3 is 0 Å². The van der Waals surface area contributed by atoms with Crippen molar-refractivity contribution < 1.29 is 14.2 Å². The minimum atomic E-state index is -0.664.